The molecule has 0 unspecified atom stereocenters. The van der Waals surface area contributed by atoms with Crippen molar-refractivity contribution in [3.8, 4) is 5.75 Å². The Kier molecular flexibility index (Phi) is 5.98. The maximum absolute atomic E-state index is 11.9. The number of benzene rings is 2. The second-order valence-corrected chi connectivity index (χ2v) is 5.65. The van der Waals surface area contributed by atoms with E-state index in [0.29, 0.717) is 20.8 Å². The minimum Gasteiger partial charge on any atom is -0.425 e. The molecular weight excluding hydrogens is 370 g/mol. The SMILES string of the molecule is O=C(CCNC(=O)c1ccccc1Cl)Oc1ccccc1Br. The van der Waals surface area contributed by atoms with Crippen LogP contribution in [0.25, 0.3) is 0 Å². The van der Waals surface area contributed by atoms with Crippen LogP contribution in [-0.4, -0.2) is 18.4 Å². The molecule has 0 fully saturated rings. The molecule has 0 aliphatic rings. The lowest BCUT2D eigenvalue weighted by atomic mass is 10.2. The number of carbonyl (C=O) groups excluding carboxylic acids is 2. The van der Waals surface area contributed by atoms with Crippen molar-refractivity contribution >= 4 is 39.4 Å². The van der Waals surface area contributed by atoms with Crippen molar-refractivity contribution in [2.45, 2.75) is 6.42 Å². The number of rotatable bonds is 5. The first-order chi connectivity index (χ1) is 10.6. The molecule has 2 rings (SSSR count). The zero-order valence-electron chi connectivity index (χ0n) is 11.5. The summed E-state index contributed by atoms with van der Waals surface area (Å²) in [5.41, 5.74) is 0.378. The number of ether oxygens (including phenoxy) is 1. The second kappa shape index (κ2) is 7.96. The lowest BCUT2D eigenvalue weighted by Crippen LogP contribution is -2.27. The van der Waals surface area contributed by atoms with Crippen LogP contribution >= 0.6 is 27.5 Å². The van der Waals surface area contributed by atoms with Crippen LogP contribution in [0.2, 0.25) is 5.02 Å². The van der Waals surface area contributed by atoms with Crippen LogP contribution in [0.4, 0.5) is 0 Å². The van der Waals surface area contributed by atoms with Gasteiger partial charge in [0.2, 0.25) is 0 Å². The van der Waals surface area contributed by atoms with E-state index in [1.165, 1.54) is 0 Å². The first-order valence-electron chi connectivity index (χ1n) is 6.56. The molecule has 2 aromatic carbocycles. The van der Waals surface area contributed by atoms with E-state index in [1.54, 1.807) is 42.5 Å². The number of amides is 1. The Hall–Kier alpha value is -1.85. The number of hydrogen-bond donors (Lipinski definition) is 1. The van der Waals surface area contributed by atoms with Crippen LogP contribution in [0.5, 0.6) is 5.75 Å². The van der Waals surface area contributed by atoms with E-state index in [4.69, 9.17) is 16.3 Å². The number of halogens is 2. The largest absolute Gasteiger partial charge is 0.425 e. The topological polar surface area (TPSA) is 55.4 Å². The Bertz CT molecular complexity index is 691. The van der Waals surface area contributed by atoms with Gasteiger partial charge in [-0.25, -0.2) is 0 Å². The number of esters is 1. The van der Waals surface area contributed by atoms with Gasteiger partial charge in [-0.1, -0.05) is 35.9 Å². The standard InChI is InChI=1S/C16H13BrClNO3/c17-12-6-2-4-8-14(12)22-15(20)9-10-19-16(21)11-5-1-3-7-13(11)18/h1-8H,9-10H2,(H,19,21). The maximum atomic E-state index is 11.9. The quantitative estimate of drug-likeness (QED) is 0.631. The lowest BCUT2D eigenvalue weighted by Gasteiger charge is -2.08. The molecule has 0 saturated carbocycles. The molecule has 0 spiro atoms. The number of para-hydroxylation sites is 1. The molecule has 114 valence electrons. The molecule has 0 heterocycles. The van der Waals surface area contributed by atoms with E-state index in [-0.39, 0.29) is 18.9 Å². The van der Waals surface area contributed by atoms with Crippen molar-refractivity contribution in [3.63, 3.8) is 0 Å². The van der Waals surface area contributed by atoms with Crippen LogP contribution in [0.1, 0.15) is 16.8 Å². The van der Waals surface area contributed by atoms with Gasteiger partial charge in [0.15, 0.2) is 0 Å². The van der Waals surface area contributed by atoms with Crippen molar-refractivity contribution in [2.24, 2.45) is 0 Å². The zero-order valence-corrected chi connectivity index (χ0v) is 13.9. The Morgan fingerprint density at radius 1 is 1.09 bits per heavy atom. The summed E-state index contributed by atoms with van der Waals surface area (Å²) in [6.07, 6.45) is 0.0670. The fourth-order valence-corrected chi connectivity index (χ4v) is 2.31. The summed E-state index contributed by atoms with van der Waals surface area (Å²) < 4.78 is 5.89. The monoisotopic (exact) mass is 381 g/mol. The van der Waals surface area contributed by atoms with Crippen LogP contribution in [-0.2, 0) is 4.79 Å². The van der Waals surface area contributed by atoms with Crippen molar-refractivity contribution in [2.75, 3.05) is 6.54 Å². The van der Waals surface area contributed by atoms with Crippen LogP contribution in [0.15, 0.2) is 53.0 Å². The van der Waals surface area contributed by atoms with E-state index >= 15 is 0 Å². The number of hydrogen-bond acceptors (Lipinski definition) is 3. The molecule has 0 aromatic heterocycles. The number of nitrogens with one attached hydrogen (secondary N) is 1. The Labute approximate surface area is 141 Å². The molecule has 0 atom stereocenters. The highest BCUT2D eigenvalue weighted by Crippen LogP contribution is 2.24. The van der Waals surface area contributed by atoms with Crippen molar-refractivity contribution in [1.29, 1.82) is 0 Å². The van der Waals surface area contributed by atoms with Gasteiger partial charge in [0.05, 0.1) is 21.5 Å². The predicted molar refractivity (Wildman–Crippen MR) is 88.2 cm³/mol. The third-order valence-corrected chi connectivity index (χ3v) is 3.78. The third kappa shape index (κ3) is 4.58. The minimum atomic E-state index is -0.425. The van der Waals surface area contributed by atoms with Crippen LogP contribution in [0.3, 0.4) is 0 Å². The second-order valence-electron chi connectivity index (χ2n) is 4.39. The van der Waals surface area contributed by atoms with Gasteiger partial charge in [0.25, 0.3) is 5.91 Å². The molecule has 0 aliphatic carbocycles. The number of carbonyl (C=O) groups is 2. The first kappa shape index (κ1) is 16.5. The third-order valence-electron chi connectivity index (χ3n) is 2.79. The van der Waals surface area contributed by atoms with Crippen LogP contribution < -0.4 is 10.1 Å². The molecule has 2 aromatic rings. The summed E-state index contributed by atoms with van der Waals surface area (Å²) in [6.45, 7) is 0.174. The van der Waals surface area contributed by atoms with E-state index in [2.05, 4.69) is 21.2 Å². The van der Waals surface area contributed by atoms with Gasteiger partial charge in [-0.05, 0) is 40.2 Å². The Balaban J connectivity index is 1.81. The molecule has 0 aliphatic heterocycles. The summed E-state index contributed by atoms with van der Waals surface area (Å²) in [4.78, 5) is 23.6. The lowest BCUT2D eigenvalue weighted by molar-refractivity contribution is -0.134. The average Bonchev–Trinajstić information content (AvgIpc) is 2.50. The van der Waals surface area contributed by atoms with Crippen LogP contribution in [0, 0.1) is 0 Å². The van der Waals surface area contributed by atoms with Gasteiger partial charge < -0.3 is 10.1 Å². The van der Waals surface area contributed by atoms with Gasteiger partial charge in [0.1, 0.15) is 5.75 Å². The zero-order chi connectivity index (χ0) is 15.9. The molecule has 1 N–H and O–H groups in total. The highest BCUT2D eigenvalue weighted by Gasteiger charge is 2.11. The van der Waals surface area contributed by atoms with E-state index < -0.39 is 5.97 Å². The van der Waals surface area contributed by atoms with Crippen molar-refractivity contribution in [1.82, 2.24) is 5.32 Å². The van der Waals surface area contributed by atoms with Gasteiger partial charge >= 0.3 is 5.97 Å². The highest BCUT2D eigenvalue weighted by atomic mass is 79.9. The van der Waals surface area contributed by atoms with Crippen molar-refractivity contribution in [3.05, 3.63) is 63.6 Å². The molecule has 0 radical (unpaired) electrons. The molecule has 6 heteroatoms. The summed E-state index contributed by atoms with van der Waals surface area (Å²) in [6, 6.07) is 13.8. The van der Waals surface area contributed by atoms with E-state index in [1.807, 2.05) is 6.07 Å². The normalized spacial score (nSPS) is 10.1. The molecule has 4 nitrogen and oxygen atoms in total. The fraction of sp³-hybridized carbons (Fsp3) is 0.125. The summed E-state index contributed by atoms with van der Waals surface area (Å²) >= 11 is 9.22. The average molecular weight is 383 g/mol. The first-order valence-corrected chi connectivity index (χ1v) is 7.73. The van der Waals surface area contributed by atoms with Gasteiger partial charge in [-0.15, -0.1) is 0 Å². The molecule has 1 amide bonds. The Morgan fingerprint density at radius 3 is 2.50 bits per heavy atom. The Morgan fingerprint density at radius 2 is 1.77 bits per heavy atom. The molecule has 22 heavy (non-hydrogen) atoms. The predicted octanol–water partition coefficient (Wildman–Crippen LogP) is 3.83. The van der Waals surface area contributed by atoms with Crippen molar-refractivity contribution < 1.29 is 14.3 Å². The summed E-state index contributed by atoms with van der Waals surface area (Å²) in [7, 11) is 0. The van der Waals surface area contributed by atoms with Gasteiger partial charge in [0, 0.05) is 6.54 Å². The van der Waals surface area contributed by atoms with E-state index in [0.717, 1.165) is 0 Å². The summed E-state index contributed by atoms with van der Waals surface area (Å²) in [5.74, 6) is -0.296. The highest BCUT2D eigenvalue weighted by molar-refractivity contribution is 9.10. The van der Waals surface area contributed by atoms with E-state index in [9.17, 15) is 9.59 Å². The smallest absolute Gasteiger partial charge is 0.313 e. The van der Waals surface area contributed by atoms with Gasteiger partial charge in [-0.2, -0.15) is 0 Å². The molecule has 0 bridgehead atoms. The maximum Gasteiger partial charge on any atom is 0.313 e. The summed E-state index contributed by atoms with van der Waals surface area (Å²) in [5, 5.41) is 3.01. The molecule has 0 saturated heterocycles. The minimum absolute atomic E-state index is 0.0670. The molecular formula is C16H13BrClNO3. The fourth-order valence-electron chi connectivity index (χ4n) is 1.72. The van der Waals surface area contributed by atoms with Gasteiger partial charge in [-0.3, -0.25) is 9.59 Å².